The third kappa shape index (κ3) is 4.38. The second-order valence-electron chi connectivity index (χ2n) is 6.73. The number of thiophene rings is 1. The predicted molar refractivity (Wildman–Crippen MR) is 109 cm³/mol. The minimum Gasteiger partial charge on any atom is -0.331 e. The van der Waals surface area contributed by atoms with Crippen molar-refractivity contribution in [3.05, 3.63) is 52.2 Å². The van der Waals surface area contributed by atoms with E-state index >= 15 is 0 Å². The van der Waals surface area contributed by atoms with Crippen LogP contribution in [0.1, 0.15) is 55.7 Å². The van der Waals surface area contributed by atoms with E-state index in [1.165, 1.54) is 17.4 Å². The third-order valence-electron chi connectivity index (χ3n) is 4.68. The van der Waals surface area contributed by atoms with Gasteiger partial charge in [0.1, 0.15) is 11.3 Å². The van der Waals surface area contributed by atoms with Gasteiger partial charge in [0.05, 0.1) is 17.6 Å². The van der Waals surface area contributed by atoms with Gasteiger partial charge in [0, 0.05) is 18.5 Å². The number of nitrogens with zero attached hydrogens (tertiary/aromatic N) is 3. The number of imidazole rings is 1. The molecule has 1 aromatic carbocycles. The van der Waals surface area contributed by atoms with Crippen molar-refractivity contribution >= 4 is 28.3 Å². The van der Waals surface area contributed by atoms with Gasteiger partial charge >= 0.3 is 0 Å². The standard InChI is InChI=1S/C21H26FN3OS/c1-3-5-6-12-24(21(26)16-10-13-27-15-16)14-19-23-20-17(22)8-7-9-18(20)25(19)11-4-2/h7-10,13,15H,3-6,11-12,14H2,1-2H3. The zero-order valence-electron chi connectivity index (χ0n) is 15.9. The molecule has 0 aliphatic heterocycles. The molecule has 0 aliphatic rings. The minimum absolute atomic E-state index is 0.0166. The van der Waals surface area contributed by atoms with Crippen LogP contribution in [-0.2, 0) is 13.1 Å². The predicted octanol–water partition coefficient (Wildman–Crippen LogP) is 5.48. The zero-order chi connectivity index (χ0) is 19.2. The molecule has 0 spiro atoms. The highest BCUT2D eigenvalue weighted by Gasteiger charge is 2.21. The molecule has 0 atom stereocenters. The van der Waals surface area contributed by atoms with Crippen LogP contribution in [0.15, 0.2) is 35.0 Å². The monoisotopic (exact) mass is 387 g/mol. The first-order valence-electron chi connectivity index (χ1n) is 9.60. The Hall–Kier alpha value is -2.21. The number of aryl methyl sites for hydroxylation is 1. The molecule has 0 aliphatic carbocycles. The normalized spacial score (nSPS) is 11.2. The van der Waals surface area contributed by atoms with Crippen molar-refractivity contribution in [1.29, 1.82) is 0 Å². The van der Waals surface area contributed by atoms with Crippen molar-refractivity contribution in [3.8, 4) is 0 Å². The smallest absolute Gasteiger partial charge is 0.255 e. The van der Waals surface area contributed by atoms with Crippen molar-refractivity contribution in [2.75, 3.05) is 6.54 Å². The minimum atomic E-state index is -0.315. The van der Waals surface area contributed by atoms with Crippen LogP contribution in [-0.4, -0.2) is 26.9 Å². The van der Waals surface area contributed by atoms with Gasteiger partial charge < -0.3 is 9.47 Å². The van der Waals surface area contributed by atoms with Crippen LogP contribution in [0.25, 0.3) is 11.0 Å². The number of carbonyl (C=O) groups excluding carboxylic acids is 1. The second kappa shape index (κ2) is 9.13. The van der Waals surface area contributed by atoms with Gasteiger partial charge in [-0.05, 0) is 36.4 Å². The number of halogens is 1. The Labute approximate surface area is 163 Å². The fraction of sp³-hybridized carbons (Fsp3) is 0.429. The first-order valence-corrected chi connectivity index (χ1v) is 10.5. The van der Waals surface area contributed by atoms with Crippen molar-refractivity contribution in [2.45, 2.75) is 52.6 Å². The maximum Gasteiger partial charge on any atom is 0.255 e. The number of aromatic nitrogens is 2. The molecule has 27 heavy (non-hydrogen) atoms. The lowest BCUT2D eigenvalue weighted by molar-refractivity contribution is 0.0734. The van der Waals surface area contributed by atoms with Crippen LogP contribution in [0.3, 0.4) is 0 Å². The second-order valence-corrected chi connectivity index (χ2v) is 7.51. The quantitative estimate of drug-likeness (QED) is 0.456. The molecule has 3 rings (SSSR count). The highest BCUT2D eigenvalue weighted by atomic mass is 32.1. The average Bonchev–Trinajstić information content (AvgIpc) is 3.31. The van der Waals surface area contributed by atoms with E-state index in [9.17, 15) is 9.18 Å². The van der Waals surface area contributed by atoms with Gasteiger partial charge in [0.2, 0.25) is 0 Å². The zero-order valence-corrected chi connectivity index (χ0v) is 16.8. The summed E-state index contributed by atoms with van der Waals surface area (Å²) in [5, 5.41) is 3.79. The van der Waals surface area contributed by atoms with E-state index in [0.717, 1.165) is 43.6 Å². The number of hydrogen-bond donors (Lipinski definition) is 0. The lowest BCUT2D eigenvalue weighted by Gasteiger charge is -2.22. The van der Waals surface area contributed by atoms with Crippen LogP contribution < -0.4 is 0 Å². The van der Waals surface area contributed by atoms with E-state index in [2.05, 4.69) is 18.8 Å². The van der Waals surface area contributed by atoms with Crippen LogP contribution >= 0.6 is 11.3 Å². The van der Waals surface area contributed by atoms with E-state index in [4.69, 9.17) is 0 Å². The Morgan fingerprint density at radius 1 is 1.22 bits per heavy atom. The fourth-order valence-electron chi connectivity index (χ4n) is 3.30. The molecule has 0 fully saturated rings. The molecular weight excluding hydrogens is 361 g/mol. The summed E-state index contributed by atoms with van der Waals surface area (Å²) >= 11 is 1.52. The summed E-state index contributed by atoms with van der Waals surface area (Å²) in [6, 6.07) is 6.90. The lowest BCUT2D eigenvalue weighted by atomic mass is 10.2. The molecule has 6 heteroatoms. The Morgan fingerprint density at radius 3 is 2.78 bits per heavy atom. The number of hydrogen-bond acceptors (Lipinski definition) is 3. The van der Waals surface area contributed by atoms with Crippen LogP contribution in [0, 0.1) is 5.82 Å². The molecule has 3 aromatic rings. The molecule has 2 heterocycles. The third-order valence-corrected chi connectivity index (χ3v) is 5.36. The van der Waals surface area contributed by atoms with E-state index in [0.29, 0.717) is 24.2 Å². The topological polar surface area (TPSA) is 38.1 Å². The number of unbranched alkanes of at least 4 members (excludes halogenated alkanes) is 2. The first-order chi connectivity index (χ1) is 13.2. The summed E-state index contributed by atoms with van der Waals surface area (Å²) in [7, 11) is 0. The lowest BCUT2D eigenvalue weighted by Crippen LogP contribution is -2.32. The van der Waals surface area contributed by atoms with Crippen LogP contribution in [0.5, 0.6) is 0 Å². The first kappa shape index (κ1) is 19.5. The molecule has 4 nitrogen and oxygen atoms in total. The molecule has 0 radical (unpaired) electrons. The number of fused-ring (bicyclic) bond motifs is 1. The summed E-state index contributed by atoms with van der Waals surface area (Å²) in [6.45, 7) is 6.07. The van der Waals surface area contributed by atoms with Gasteiger partial charge in [0.25, 0.3) is 5.91 Å². The molecule has 144 valence electrons. The number of para-hydroxylation sites is 1. The number of amides is 1. The van der Waals surface area contributed by atoms with Crippen molar-refractivity contribution in [2.24, 2.45) is 0 Å². The number of benzene rings is 1. The molecule has 0 saturated carbocycles. The largest absolute Gasteiger partial charge is 0.331 e. The molecule has 0 bridgehead atoms. The van der Waals surface area contributed by atoms with Gasteiger partial charge in [-0.25, -0.2) is 9.37 Å². The number of rotatable bonds is 9. The molecule has 1 amide bonds. The Bertz CT molecular complexity index is 888. The molecule has 0 N–H and O–H groups in total. The van der Waals surface area contributed by atoms with Gasteiger partial charge in [-0.3, -0.25) is 4.79 Å². The Morgan fingerprint density at radius 2 is 2.07 bits per heavy atom. The Balaban J connectivity index is 1.93. The molecule has 0 unspecified atom stereocenters. The number of carbonyl (C=O) groups is 1. The maximum absolute atomic E-state index is 14.2. The molecule has 0 saturated heterocycles. The summed E-state index contributed by atoms with van der Waals surface area (Å²) in [6.07, 6.45) is 4.05. The highest BCUT2D eigenvalue weighted by molar-refractivity contribution is 7.08. The molecule has 2 aromatic heterocycles. The summed E-state index contributed by atoms with van der Waals surface area (Å²) < 4.78 is 16.3. The van der Waals surface area contributed by atoms with E-state index in [1.54, 1.807) is 6.07 Å². The van der Waals surface area contributed by atoms with E-state index in [-0.39, 0.29) is 11.7 Å². The average molecular weight is 388 g/mol. The van der Waals surface area contributed by atoms with Crippen molar-refractivity contribution in [1.82, 2.24) is 14.5 Å². The molecular formula is C21H26FN3OS. The van der Waals surface area contributed by atoms with Crippen LogP contribution in [0.2, 0.25) is 0 Å². The van der Waals surface area contributed by atoms with Gasteiger partial charge in [-0.2, -0.15) is 11.3 Å². The van der Waals surface area contributed by atoms with Crippen molar-refractivity contribution < 1.29 is 9.18 Å². The van der Waals surface area contributed by atoms with Gasteiger partial charge in [-0.1, -0.05) is 32.8 Å². The fourth-order valence-corrected chi connectivity index (χ4v) is 3.93. The Kier molecular flexibility index (Phi) is 6.61. The van der Waals surface area contributed by atoms with E-state index < -0.39 is 0 Å². The van der Waals surface area contributed by atoms with Crippen molar-refractivity contribution in [3.63, 3.8) is 0 Å². The summed E-state index contributed by atoms with van der Waals surface area (Å²) in [5.41, 5.74) is 1.89. The van der Waals surface area contributed by atoms with Crippen LogP contribution in [0.4, 0.5) is 4.39 Å². The van der Waals surface area contributed by atoms with E-state index in [1.807, 2.05) is 32.4 Å². The maximum atomic E-state index is 14.2. The summed E-state index contributed by atoms with van der Waals surface area (Å²) in [4.78, 5) is 19.4. The SMILES string of the molecule is CCCCCN(Cc1nc2c(F)cccc2n1CCC)C(=O)c1ccsc1. The summed E-state index contributed by atoms with van der Waals surface area (Å²) in [5.74, 6) is 0.449. The highest BCUT2D eigenvalue weighted by Crippen LogP contribution is 2.22. The van der Waals surface area contributed by atoms with Gasteiger partial charge in [0.15, 0.2) is 5.82 Å². The van der Waals surface area contributed by atoms with Gasteiger partial charge in [-0.15, -0.1) is 0 Å².